The van der Waals surface area contributed by atoms with Crippen LogP contribution in [0.1, 0.15) is 16.8 Å². The van der Waals surface area contributed by atoms with E-state index in [0.717, 1.165) is 50.5 Å². The molecule has 8 nitrogen and oxygen atoms in total. The summed E-state index contributed by atoms with van der Waals surface area (Å²) >= 11 is 0. The van der Waals surface area contributed by atoms with Crippen molar-refractivity contribution in [3.8, 4) is 11.4 Å². The lowest BCUT2D eigenvalue weighted by Crippen LogP contribution is -2.36. The van der Waals surface area contributed by atoms with Gasteiger partial charge >= 0.3 is 0 Å². The van der Waals surface area contributed by atoms with Crippen LogP contribution in [0.3, 0.4) is 0 Å². The minimum atomic E-state index is -0.0674. The summed E-state index contributed by atoms with van der Waals surface area (Å²) in [5, 5.41) is 6.31. The average molecular weight is 461 g/mol. The lowest BCUT2D eigenvalue weighted by Gasteiger charge is -2.28. The Labute approximate surface area is 201 Å². The van der Waals surface area contributed by atoms with Crippen molar-refractivity contribution >= 4 is 23.1 Å². The number of nitrogens with zero attached hydrogens (tertiary/aromatic N) is 4. The van der Waals surface area contributed by atoms with Crippen molar-refractivity contribution in [2.24, 2.45) is 0 Å². The highest BCUT2D eigenvalue weighted by molar-refractivity contribution is 5.94. The summed E-state index contributed by atoms with van der Waals surface area (Å²) < 4.78 is 5.43. The molecule has 2 heterocycles. The first-order valence-electron chi connectivity index (χ1n) is 11.6. The van der Waals surface area contributed by atoms with Crippen molar-refractivity contribution < 1.29 is 9.53 Å². The maximum absolute atomic E-state index is 12.3. The number of carbonyl (C=O) groups excluding carboxylic acids is 1. The first kappa shape index (κ1) is 23.7. The van der Waals surface area contributed by atoms with Crippen LogP contribution < -0.4 is 15.5 Å². The Kier molecular flexibility index (Phi) is 8.06. The van der Waals surface area contributed by atoms with Gasteiger partial charge in [-0.15, -0.1) is 0 Å². The molecule has 4 rings (SSSR count). The number of anilines is 3. The molecular formula is C26H32N6O2. The van der Waals surface area contributed by atoms with E-state index < -0.39 is 0 Å². The van der Waals surface area contributed by atoms with Crippen molar-refractivity contribution in [1.29, 1.82) is 0 Å². The fraction of sp³-hybridized carbons (Fsp3) is 0.346. The molecule has 1 amide bonds. The van der Waals surface area contributed by atoms with Crippen molar-refractivity contribution in [2.45, 2.75) is 6.42 Å². The molecule has 8 heteroatoms. The van der Waals surface area contributed by atoms with Crippen molar-refractivity contribution in [1.82, 2.24) is 20.2 Å². The van der Waals surface area contributed by atoms with Crippen LogP contribution >= 0.6 is 0 Å². The van der Waals surface area contributed by atoms with Gasteiger partial charge in [-0.05, 0) is 69.5 Å². The van der Waals surface area contributed by atoms with Crippen molar-refractivity contribution in [3.63, 3.8) is 0 Å². The van der Waals surface area contributed by atoms with E-state index in [1.54, 1.807) is 6.20 Å². The maximum atomic E-state index is 12.3. The zero-order valence-corrected chi connectivity index (χ0v) is 19.8. The Bertz CT molecular complexity index is 1060. The predicted octanol–water partition coefficient (Wildman–Crippen LogP) is 3.41. The first-order valence-corrected chi connectivity index (χ1v) is 11.6. The number of carbonyl (C=O) groups is 1. The van der Waals surface area contributed by atoms with Gasteiger partial charge < -0.3 is 25.2 Å². The van der Waals surface area contributed by atoms with E-state index in [9.17, 15) is 4.79 Å². The molecule has 2 N–H and O–H groups in total. The van der Waals surface area contributed by atoms with Crippen LogP contribution in [0.15, 0.2) is 60.8 Å². The number of nitrogens with one attached hydrogen (secondary N) is 2. The minimum absolute atomic E-state index is 0.0674. The number of rotatable bonds is 9. The van der Waals surface area contributed by atoms with Crippen LogP contribution in [0.25, 0.3) is 11.4 Å². The highest BCUT2D eigenvalue weighted by Gasteiger charge is 2.11. The van der Waals surface area contributed by atoms with Crippen LogP contribution in [0, 0.1) is 0 Å². The van der Waals surface area contributed by atoms with Crippen LogP contribution in [0.2, 0.25) is 0 Å². The Morgan fingerprint density at radius 2 is 1.76 bits per heavy atom. The van der Waals surface area contributed by atoms with Gasteiger partial charge in [0, 0.05) is 48.3 Å². The molecule has 0 aliphatic carbocycles. The molecule has 1 aliphatic rings. The second-order valence-electron chi connectivity index (χ2n) is 8.53. The molecule has 1 fully saturated rings. The largest absolute Gasteiger partial charge is 0.378 e. The SMILES string of the molecule is CN(C)CCCNC(=O)c1ccc(-c2nccc(Nc3ccc(N4CCOCC4)cc3)n2)cc1. The molecule has 0 spiro atoms. The van der Waals surface area contributed by atoms with Crippen molar-refractivity contribution in [2.75, 3.05) is 63.7 Å². The molecule has 1 aliphatic heterocycles. The van der Waals surface area contributed by atoms with Crippen LogP contribution in [0.4, 0.5) is 17.2 Å². The van der Waals surface area contributed by atoms with Crippen molar-refractivity contribution in [3.05, 3.63) is 66.4 Å². The topological polar surface area (TPSA) is 82.6 Å². The molecule has 0 bridgehead atoms. The quantitative estimate of drug-likeness (QED) is 0.474. The number of benzene rings is 2. The van der Waals surface area contributed by atoms with E-state index >= 15 is 0 Å². The molecule has 0 atom stereocenters. The lowest BCUT2D eigenvalue weighted by molar-refractivity contribution is 0.0952. The normalized spacial score (nSPS) is 13.7. The molecular weight excluding hydrogens is 428 g/mol. The number of morpholine rings is 1. The van der Waals surface area contributed by atoms with Gasteiger partial charge in [-0.2, -0.15) is 0 Å². The van der Waals surface area contributed by atoms with E-state index in [1.807, 2.05) is 44.4 Å². The second kappa shape index (κ2) is 11.6. The monoisotopic (exact) mass is 460 g/mol. The molecule has 0 saturated carbocycles. The summed E-state index contributed by atoms with van der Waals surface area (Å²) in [7, 11) is 4.05. The van der Waals surface area contributed by atoms with Crippen LogP contribution in [-0.2, 0) is 4.74 Å². The lowest BCUT2D eigenvalue weighted by atomic mass is 10.1. The Hall–Kier alpha value is -3.49. The van der Waals surface area contributed by atoms with Gasteiger partial charge in [0.2, 0.25) is 0 Å². The summed E-state index contributed by atoms with van der Waals surface area (Å²) in [4.78, 5) is 25.8. The third-order valence-electron chi connectivity index (χ3n) is 5.64. The number of ether oxygens (including phenoxy) is 1. The number of amides is 1. The van der Waals surface area contributed by atoms with Gasteiger partial charge in [-0.1, -0.05) is 12.1 Å². The third-order valence-corrected chi connectivity index (χ3v) is 5.64. The molecule has 2 aromatic carbocycles. The standard InChI is InChI=1S/C26H32N6O2/c1-31(2)15-3-13-28-26(33)21-6-4-20(5-7-21)25-27-14-12-24(30-25)29-22-8-10-23(11-9-22)32-16-18-34-19-17-32/h4-12,14H,3,13,15-19H2,1-2H3,(H,28,33)(H,27,29,30). The Morgan fingerprint density at radius 1 is 1.03 bits per heavy atom. The second-order valence-corrected chi connectivity index (χ2v) is 8.53. The van der Waals surface area contributed by atoms with E-state index in [1.165, 1.54) is 5.69 Å². The molecule has 3 aromatic rings. The van der Waals surface area contributed by atoms with Gasteiger partial charge in [0.25, 0.3) is 5.91 Å². The zero-order chi connectivity index (χ0) is 23.8. The summed E-state index contributed by atoms with van der Waals surface area (Å²) in [5.41, 5.74) is 3.64. The summed E-state index contributed by atoms with van der Waals surface area (Å²) in [6.45, 7) is 4.97. The van der Waals surface area contributed by atoms with E-state index in [0.29, 0.717) is 23.8 Å². The minimum Gasteiger partial charge on any atom is -0.378 e. The highest BCUT2D eigenvalue weighted by Crippen LogP contribution is 2.23. The maximum Gasteiger partial charge on any atom is 0.251 e. The van der Waals surface area contributed by atoms with E-state index in [-0.39, 0.29) is 5.91 Å². The van der Waals surface area contributed by atoms with E-state index in [2.05, 4.69) is 54.7 Å². The summed E-state index contributed by atoms with van der Waals surface area (Å²) in [5.74, 6) is 1.25. The fourth-order valence-electron chi connectivity index (χ4n) is 3.76. The molecule has 178 valence electrons. The molecule has 1 saturated heterocycles. The van der Waals surface area contributed by atoms with Gasteiger partial charge in [-0.25, -0.2) is 9.97 Å². The van der Waals surface area contributed by atoms with Crippen LogP contribution in [0.5, 0.6) is 0 Å². The van der Waals surface area contributed by atoms with Gasteiger partial charge in [-0.3, -0.25) is 4.79 Å². The zero-order valence-electron chi connectivity index (χ0n) is 19.8. The highest BCUT2D eigenvalue weighted by atomic mass is 16.5. The number of hydrogen-bond acceptors (Lipinski definition) is 7. The summed E-state index contributed by atoms with van der Waals surface area (Å²) in [6, 6.07) is 17.6. The number of hydrogen-bond donors (Lipinski definition) is 2. The van der Waals surface area contributed by atoms with Crippen LogP contribution in [-0.4, -0.2) is 74.3 Å². The molecule has 34 heavy (non-hydrogen) atoms. The molecule has 0 unspecified atom stereocenters. The Balaban J connectivity index is 1.36. The van der Waals surface area contributed by atoms with E-state index in [4.69, 9.17) is 4.74 Å². The van der Waals surface area contributed by atoms with Gasteiger partial charge in [0.15, 0.2) is 5.82 Å². The van der Waals surface area contributed by atoms with Gasteiger partial charge in [0.1, 0.15) is 5.82 Å². The van der Waals surface area contributed by atoms with Gasteiger partial charge in [0.05, 0.1) is 13.2 Å². The fourth-order valence-corrected chi connectivity index (χ4v) is 3.76. The predicted molar refractivity (Wildman–Crippen MR) is 136 cm³/mol. The third kappa shape index (κ3) is 6.52. The first-order chi connectivity index (χ1) is 16.6. The average Bonchev–Trinajstić information content (AvgIpc) is 2.88. The Morgan fingerprint density at radius 3 is 2.47 bits per heavy atom. The molecule has 1 aromatic heterocycles. The molecule has 0 radical (unpaired) electrons. The smallest absolute Gasteiger partial charge is 0.251 e. The summed E-state index contributed by atoms with van der Waals surface area (Å²) in [6.07, 6.45) is 2.65. The number of aromatic nitrogens is 2.